The van der Waals surface area contributed by atoms with E-state index in [2.05, 4.69) is 19.9 Å². The Hall–Kier alpha value is -2.34. The summed E-state index contributed by atoms with van der Waals surface area (Å²) in [6.45, 7) is 4.24. The Bertz CT molecular complexity index is 736. The van der Waals surface area contributed by atoms with E-state index in [1.165, 1.54) is 12.4 Å². The van der Waals surface area contributed by atoms with Gasteiger partial charge in [-0.15, -0.1) is 0 Å². The summed E-state index contributed by atoms with van der Waals surface area (Å²) in [6, 6.07) is 1.83. The van der Waals surface area contributed by atoms with Gasteiger partial charge in [-0.25, -0.2) is 4.98 Å². The third kappa shape index (κ3) is 2.43. The highest BCUT2D eigenvalue weighted by Gasteiger charge is 2.21. The van der Waals surface area contributed by atoms with Crippen molar-refractivity contribution in [3.8, 4) is 6.07 Å². The van der Waals surface area contributed by atoms with E-state index in [1.807, 2.05) is 13.0 Å². The summed E-state index contributed by atoms with van der Waals surface area (Å²) in [7, 11) is -3.83. The van der Waals surface area contributed by atoms with Gasteiger partial charge in [0.1, 0.15) is 17.5 Å². The zero-order valence-electron chi connectivity index (χ0n) is 10.4. The molecule has 0 unspecified atom stereocenters. The van der Waals surface area contributed by atoms with Gasteiger partial charge in [-0.1, -0.05) is 0 Å². The Balaban J connectivity index is 2.35. The maximum atomic E-state index is 12.1. The number of aromatic amines is 1. The first-order valence-electron chi connectivity index (χ1n) is 5.48. The quantitative estimate of drug-likeness (QED) is 0.850. The summed E-state index contributed by atoms with van der Waals surface area (Å²) in [6.07, 6.45) is 2.69. The summed E-state index contributed by atoms with van der Waals surface area (Å²) in [4.78, 5) is 3.98. The molecule has 2 aromatic rings. The first-order valence-corrected chi connectivity index (χ1v) is 6.96. The molecule has 0 saturated carbocycles. The molecule has 0 saturated heterocycles. The molecule has 0 aliphatic heterocycles. The van der Waals surface area contributed by atoms with Crippen LogP contribution in [-0.2, 0) is 16.6 Å². The number of imidazole rings is 1. The second-order valence-corrected chi connectivity index (χ2v) is 5.42. The van der Waals surface area contributed by atoms with E-state index in [-0.39, 0.29) is 16.4 Å². The molecular formula is C10H12N6O2S. The average Bonchev–Trinajstić information content (AvgIpc) is 2.95. The van der Waals surface area contributed by atoms with Gasteiger partial charge in [0.15, 0.2) is 10.8 Å². The van der Waals surface area contributed by atoms with Crippen molar-refractivity contribution in [1.29, 1.82) is 5.26 Å². The van der Waals surface area contributed by atoms with Crippen molar-refractivity contribution in [1.82, 2.24) is 19.7 Å². The molecule has 9 heteroatoms. The van der Waals surface area contributed by atoms with Gasteiger partial charge in [-0.3, -0.25) is 9.82 Å². The second-order valence-electron chi connectivity index (χ2n) is 3.79. The topological polar surface area (TPSA) is 116 Å². The van der Waals surface area contributed by atoms with Crippen LogP contribution in [-0.4, -0.2) is 28.2 Å². The Morgan fingerprint density at radius 1 is 1.58 bits per heavy atom. The lowest BCUT2D eigenvalue weighted by molar-refractivity contribution is 0.597. The number of H-pyrrole nitrogens is 1. The van der Waals surface area contributed by atoms with Crippen LogP contribution in [0.4, 0.5) is 5.82 Å². The SMILES string of the molecule is CCn1cc(S(=O)(=O)Nc2[nH]ncc2C#N)nc1C. The van der Waals surface area contributed by atoms with Gasteiger partial charge in [-0.05, 0) is 13.8 Å². The van der Waals surface area contributed by atoms with Gasteiger partial charge < -0.3 is 4.57 Å². The predicted octanol–water partition coefficient (Wildman–Crippen LogP) is 0.607. The third-order valence-electron chi connectivity index (χ3n) is 2.57. The number of nitrogens with zero attached hydrogens (tertiary/aromatic N) is 4. The minimum atomic E-state index is -3.83. The standard InChI is InChI=1S/C10H12N6O2S/c1-3-16-6-9(13-7(16)2)19(17,18)15-10-8(4-11)5-12-14-10/h5-6H,3H2,1-2H3,(H2,12,14,15). The highest BCUT2D eigenvalue weighted by atomic mass is 32.2. The van der Waals surface area contributed by atoms with Gasteiger partial charge in [-0.2, -0.15) is 18.8 Å². The van der Waals surface area contributed by atoms with E-state index in [1.54, 1.807) is 11.5 Å². The summed E-state index contributed by atoms with van der Waals surface area (Å²) in [5.74, 6) is 0.638. The normalized spacial score (nSPS) is 11.2. The number of nitriles is 1. The lowest BCUT2D eigenvalue weighted by Gasteiger charge is -2.02. The number of aromatic nitrogens is 4. The van der Waals surface area contributed by atoms with Crippen molar-refractivity contribution in [2.24, 2.45) is 0 Å². The molecule has 2 heterocycles. The lowest BCUT2D eigenvalue weighted by Crippen LogP contribution is -2.14. The van der Waals surface area contributed by atoms with Crippen LogP contribution in [0, 0.1) is 18.3 Å². The molecule has 8 nitrogen and oxygen atoms in total. The molecule has 2 N–H and O–H groups in total. The summed E-state index contributed by atoms with van der Waals surface area (Å²) >= 11 is 0. The van der Waals surface area contributed by atoms with E-state index in [9.17, 15) is 8.42 Å². The van der Waals surface area contributed by atoms with E-state index >= 15 is 0 Å². The number of hydrogen-bond acceptors (Lipinski definition) is 5. The molecule has 0 aliphatic rings. The van der Waals surface area contributed by atoms with Crippen molar-refractivity contribution < 1.29 is 8.42 Å². The molecule has 2 rings (SSSR count). The number of aryl methyl sites for hydroxylation is 2. The highest BCUT2D eigenvalue weighted by Crippen LogP contribution is 2.16. The van der Waals surface area contributed by atoms with E-state index in [4.69, 9.17) is 5.26 Å². The van der Waals surface area contributed by atoms with E-state index < -0.39 is 10.0 Å². The van der Waals surface area contributed by atoms with Gasteiger partial charge in [0.25, 0.3) is 10.0 Å². The molecule has 0 atom stereocenters. The van der Waals surface area contributed by atoms with Gasteiger partial charge >= 0.3 is 0 Å². The number of hydrogen-bond donors (Lipinski definition) is 2. The number of rotatable bonds is 4. The predicted molar refractivity (Wildman–Crippen MR) is 66.7 cm³/mol. The zero-order chi connectivity index (χ0) is 14.0. The van der Waals surface area contributed by atoms with Crippen LogP contribution in [0.15, 0.2) is 17.4 Å². The number of anilines is 1. The largest absolute Gasteiger partial charge is 0.334 e. The fourth-order valence-electron chi connectivity index (χ4n) is 1.56. The van der Waals surface area contributed by atoms with Gasteiger partial charge in [0, 0.05) is 12.7 Å². The van der Waals surface area contributed by atoms with Crippen LogP contribution in [0.2, 0.25) is 0 Å². The third-order valence-corrected chi connectivity index (χ3v) is 3.79. The summed E-state index contributed by atoms with van der Waals surface area (Å²) in [5, 5.41) is 14.7. The molecule has 2 aromatic heterocycles. The lowest BCUT2D eigenvalue weighted by atomic mass is 10.4. The van der Waals surface area contributed by atoms with E-state index in [0.29, 0.717) is 12.4 Å². The monoisotopic (exact) mass is 280 g/mol. The van der Waals surface area contributed by atoms with Crippen LogP contribution in [0.25, 0.3) is 0 Å². The van der Waals surface area contributed by atoms with Crippen molar-refractivity contribution in [3.63, 3.8) is 0 Å². The fraction of sp³-hybridized carbons (Fsp3) is 0.300. The first-order chi connectivity index (χ1) is 8.97. The molecule has 100 valence electrons. The molecule has 0 fully saturated rings. The van der Waals surface area contributed by atoms with Crippen molar-refractivity contribution in [3.05, 3.63) is 23.8 Å². The van der Waals surface area contributed by atoms with Crippen LogP contribution in [0.5, 0.6) is 0 Å². The molecule has 19 heavy (non-hydrogen) atoms. The summed E-state index contributed by atoms with van der Waals surface area (Å²) in [5.41, 5.74) is 0.121. The van der Waals surface area contributed by atoms with Gasteiger partial charge in [0.2, 0.25) is 0 Å². The zero-order valence-corrected chi connectivity index (χ0v) is 11.2. The minimum absolute atomic E-state index is 0.0335. The molecule has 0 spiro atoms. The molecule has 0 aromatic carbocycles. The van der Waals surface area contributed by atoms with Crippen molar-refractivity contribution in [2.45, 2.75) is 25.4 Å². The molecule has 0 radical (unpaired) electrons. The minimum Gasteiger partial charge on any atom is -0.334 e. The van der Waals surface area contributed by atoms with Crippen molar-refractivity contribution >= 4 is 15.8 Å². The molecular weight excluding hydrogens is 268 g/mol. The fourth-order valence-corrected chi connectivity index (χ4v) is 2.61. The first kappa shape index (κ1) is 13.1. The Kier molecular flexibility index (Phi) is 3.26. The summed E-state index contributed by atoms with van der Waals surface area (Å²) < 4.78 is 28.2. The number of nitrogens with one attached hydrogen (secondary N) is 2. The second kappa shape index (κ2) is 4.74. The maximum absolute atomic E-state index is 12.1. The van der Waals surface area contributed by atoms with E-state index in [0.717, 1.165) is 0 Å². The Morgan fingerprint density at radius 2 is 2.32 bits per heavy atom. The smallest absolute Gasteiger partial charge is 0.282 e. The van der Waals surface area contributed by atoms with Crippen molar-refractivity contribution in [2.75, 3.05) is 4.72 Å². The maximum Gasteiger partial charge on any atom is 0.282 e. The van der Waals surface area contributed by atoms with Crippen LogP contribution in [0.3, 0.4) is 0 Å². The van der Waals surface area contributed by atoms with Crippen LogP contribution < -0.4 is 4.72 Å². The molecule has 0 amide bonds. The molecule has 0 bridgehead atoms. The number of sulfonamides is 1. The highest BCUT2D eigenvalue weighted by molar-refractivity contribution is 7.92. The molecule has 0 aliphatic carbocycles. The Labute approximate surface area is 110 Å². The van der Waals surface area contributed by atoms with Crippen LogP contribution >= 0.6 is 0 Å². The van der Waals surface area contributed by atoms with Crippen LogP contribution in [0.1, 0.15) is 18.3 Å². The Morgan fingerprint density at radius 3 is 2.89 bits per heavy atom. The average molecular weight is 280 g/mol. The van der Waals surface area contributed by atoms with Gasteiger partial charge in [0.05, 0.1) is 6.20 Å².